The largest absolute Gasteiger partial charge is 0.349 e. The molecule has 1 saturated carbocycles. The lowest BCUT2D eigenvalue weighted by molar-refractivity contribution is 0.0933. The van der Waals surface area contributed by atoms with Crippen molar-refractivity contribution >= 4 is 5.91 Å². The maximum absolute atomic E-state index is 12.5. The zero-order valence-electron chi connectivity index (χ0n) is 12.8. The van der Waals surface area contributed by atoms with Gasteiger partial charge in [-0.2, -0.15) is 4.68 Å². The quantitative estimate of drug-likeness (QED) is 0.883. The normalized spacial score (nSPS) is 16.2. The van der Waals surface area contributed by atoms with Gasteiger partial charge in [0.2, 0.25) is 0 Å². The molecule has 1 fully saturated rings. The summed E-state index contributed by atoms with van der Waals surface area (Å²) in [5.74, 6) is 0.681. The molecule has 0 bridgehead atoms. The Kier molecular flexibility index (Phi) is 4.46. The molecular formula is C16H21N5O. The maximum Gasteiger partial charge on any atom is 0.251 e. The minimum Gasteiger partial charge on any atom is -0.349 e. The van der Waals surface area contributed by atoms with Gasteiger partial charge in [0, 0.05) is 11.6 Å². The Bertz CT molecular complexity index is 643. The molecule has 6 nitrogen and oxygen atoms in total. The Hall–Kier alpha value is -2.24. The SMILES string of the molecule is Cc1nnnn1-c1cccc(C(=O)NC2CCCCCC2)c1. The summed E-state index contributed by atoms with van der Waals surface area (Å²) >= 11 is 0. The number of benzene rings is 1. The molecule has 1 aliphatic carbocycles. The molecule has 22 heavy (non-hydrogen) atoms. The van der Waals surface area contributed by atoms with E-state index in [0.29, 0.717) is 17.4 Å². The summed E-state index contributed by atoms with van der Waals surface area (Å²) in [6.07, 6.45) is 7.12. The van der Waals surface area contributed by atoms with Crippen LogP contribution in [-0.4, -0.2) is 32.2 Å². The highest BCUT2D eigenvalue weighted by Crippen LogP contribution is 2.18. The van der Waals surface area contributed by atoms with Crippen LogP contribution in [0.4, 0.5) is 0 Å². The van der Waals surface area contributed by atoms with E-state index >= 15 is 0 Å². The van der Waals surface area contributed by atoms with Crippen molar-refractivity contribution in [1.82, 2.24) is 25.5 Å². The fraction of sp³-hybridized carbons (Fsp3) is 0.500. The van der Waals surface area contributed by atoms with Gasteiger partial charge in [0.05, 0.1) is 5.69 Å². The van der Waals surface area contributed by atoms with Gasteiger partial charge in [-0.1, -0.05) is 31.7 Å². The van der Waals surface area contributed by atoms with E-state index in [-0.39, 0.29) is 5.91 Å². The average molecular weight is 299 g/mol. The fourth-order valence-corrected chi connectivity index (χ4v) is 2.94. The summed E-state index contributed by atoms with van der Waals surface area (Å²) < 4.78 is 1.63. The number of aryl methyl sites for hydroxylation is 1. The van der Waals surface area contributed by atoms with Crippen molar-refractivity contribution in [3.05, 3.63) is 35.7 Å². The van der Waals surface area contributed by atoms with Crippen LogP contribution in [-0.2, 0) is 0 Å². The maximum atomic E-state index is 12.5. The van der Waals surface area contributed by atoms with E-state index in [2.05, 4.69) is 20.8 Å². The number of tetrazole rings is 1. The molecule has 0 atom stereocenters. The van der Waals surface area contributed by atoms with E-state index in [4.69, 9.17) is 0 Å². The van der Waals surface area contributed by atoms with Gasteiger partial charge in [-0.3, -0.25) is 4.79 Å². The third-order valence-corrected chi connectivity index (χ3v) is 4.17. The van der Waals surface area contributed by atoms with E-state index in [0.717, 1.165) is 18.5 Å². The van der Waals surface area contributed by atoms with Crippen LogP contribution < -0.4 is 5.32 Å². The lowest BCUT2D eigenvalue weighted by Crippen LogP contribution is -2.34. The number of nitrogens with zero attached hydrogens (tertiary/aromatic N) is 4. The number of amides is 1. The molecular weight excluding hydrogens is 278 g/mol. The van der Waals surface area contributed by atoms with Crippen molar-refractivity contribution < 1.29 is 4.79 Å². The lowest BCUT2D eigenvalue weighted by Gasteiger charge is -2.16. The second-order valence-corrected chi connectivity index (χ2v) is 5.85. The monoisotopic (exact) mass is 299 g/mol. The van der Waals surface area contributed by atoms with Crippen molar-refractivity contribution in [1.29, 1.82) is 0 Å². The average Bonchev–Trinajstić information content (AvgIpc) is 2.80. The highest BCUT2D eigenvalue weighted by atomic mass is 16.1. The number of hydrogen-bond donors (Lipinski definition) is 1. The van der Waals surface area contributed by atoms with Gasteiger partial charge >= 0.3 is 0 Å². The van der Waals surface area contributed by atoms with Gasteiger partial charge in [-0.25, -0.2) is 0 Å². The zero-order chi connectivity index (χ0) is 15.4. The summed E-state index contributed by atoms with van der Waals surface area (Å²) in [7, 11) is 0. The molecule has 116 valence electrons. The van der Waals surface area contributed by atoms with Crippen LogP contribution in [0.3, 0.4) is 0 Å². The van der Waals surface area contributed by atoms with Gasteiger partial charge < -0.3 is 5.32 Å². The number of aromatic nitrogens is 4. The van der Waals surface area contributed by atoms with Crippen molar-refractivity contribution in [2.45, 2.75) is 51.5 Å². The third kappa shape index (κ3) is 3.32. The second kappa shape index (κ2) is 6.68. The Balaban J connectivity index is 1.74. The Morgan fingerprint density at radius 2 is 2.00 bits per heavy atom. The van der Waals surface area contributed by atoms with E-state index in [1.165, 1.54) is 25.7 Å². The van der Waals surface area contributed by atoms with Crippen molar-refractivity contribution in [3.8, 4) is 5.69 Å². The number of carbonyl (C=O) groups excluding carboxylic acids is 1. The second-order valence-electron chi connectivity index (χ2n) is 5.85. The first-order valence-electron chi connectivity index (χ1n) is 7.90. The first-order valence-corrected chi connectivity index (χ1v) is 7.90. The number of nitrogens with one attached hydrogen (secondary N) is 1. The lowest BCUT2D eigenvalue weighted by atomic mass is 10.1. The van der Waals surface area contributed by atoms with Crippen molar-refractivity contribution in [2.75, 3.05) is 0 Å². The van der Waals surface area contributed by atoms with Crippen LogP contribution in [0.15, 0.2) is 24.3 Å². The van der Waals surface area contributed by atoms with E-state index in [1.807, 2.05) is 31.2 Å². The first-order chi connectivity index (χ1) is 10.7. The van der Waals surface area contributed by atoms with Crippen LogP contribution in [0.5, 0.6) is 0 Å². The summed E-state index contributed by atoms with van der Waals surface area (Å²) in [4.78, 5) is 12.5. The smallest absolute Gasteiger partial charge is 0.251 e. The first kappa shape index (κ1) is 14.7. The van der Waals surface area contributed by atoms with E-state index in [9.17, 15) is 4.79 Å². The zero-order valence-corrected chi connectivity index (χ0v) is 12.8. The topological polar surface area (TPSA) is 72.7 Å². The molecule has 0 spiro atoms. The highest BCUT2D eigenvalue weighted by molar-refractivity contribution is 5.94. The molecule has 0 saturated heterocycles. The molecule has 0 aliphatic heterocycles. The molecule has 1 N–H and O–H groups in total. The van der Waals surface area contributed by atoms with Crippen molar-refractivity contribution in [3.63, 3.8) is 0 Å². The van der Waals surface area contributed by atoms with E-state index in [1.54, 1.807) is 4.68 Å². The molecule has 6 heteroatoms. The van der Waals surface area contributed by atoms with E-state index < -0.39 is 0 Å². The van der Waals surface area contributed by atoms with Crippen LogP contribution in [0, 0.1) is 6.92 Å². The standard InChI is InChI=1S/C16H21N5O/c1-12-18-19-20-21(12)15-10-6-7-13(11-15)16(22)17-14-8-4-2-3-5-9-14/h6-7,10-11,14H,2-5,8-9H2,1H3,(H,17,22). The Labute approximate surface area is 129 Å². The fourth-order valence-electron chi connectivity index (χ4n) is 2.94. The molecule has 0 radical (unpaired) electrons. The summed E-state index contributed by atoms with van der Waals surface area (Å²) in [5, 5.41) is 14.6. The number of rotatable bonds is 3. The van der Waals surface area contributed by atoms with Gasteiger partial charge in [0.15, 0.2) is 5.82 Å². The molecule has 0 unspecified atom stereocenters. The molecule has 1 amide bonds. The minimum absolute atomic E-state index is 0.0144. The van der Waals surface area contributed by atoms with Gasteiger partial charge in [-0.05, 0) is 48.4 Å². The van der Waals surface area contributed by atoms with Crippen LogP contribution in [0.1, 0.15) is 54.7 Å². The van der Waals surface area contributed by atoms with Crippen molar-refractivity contribution in [2.24, 2.45) is 0 Å². The molecule has 1 aromatic heterocycles. The minimum atomic E-state index is -0.0144. The van der Waals surface area contributed by atoms with Gasteiger partial charge in [0.1, 0.15) is 0 Å². The van der Waals surface area contributed by atoms with Crippen LogP contribution >= 0.6 is 0 Å². The third-order valence-electron chi connectivity index (χ3n) is 4.17. The Morgan fingerprint density at radius 3 is 2.68 bits per heavy atom. The number of hydrogen-bond acceptors (Lipinski definition) is 4. The summed E-state index contributed by atoms with van der Waals surface area (Å²) in [6, 6.07) is 7.71. The Morgan fingerprint density at radius 1 is 1.23 bits per heavy atom. The molecule has 1 aromatic carbocycles. The number of carbonyl (C=O) groups is 1. The molecule has 1 heterocycles. The molecule has 1 aliphatic rings. The predicted octanol–water partition coefficient (Wildman–Crippen LogP) is 2.42. The summed E-state index contributed by atoms with van der Waals surface area (Å²) in [6.45, 7) is 1.83. The molecule has 3 rings (SSSR count). The van der Waals surface area contributed by atoms with Gasteiger partial charge in [0.25, 0.3) is 5.91 Å². The van der Waals surface area contributed by atoms with Crippen LogP contribution in [0.2, 0.25) is 0 Å². The highest BCUT2D eigenvalue weighted by Gasteiger charge is 2.16. The predicted molar refractivity (Wildman–Crippen MR) is 82.8 cm³/mol. The summed E-state index contributed by atoms with van der Waals surface area (Å²) in [5.41, 5.74) is 1.45. The molecule has 2 aromatic rings. The van der Waals surface area contributed by atoms with Crippen LogP contribution in [0.25, 0.3) is 5.69 Å². The van der Waals surface area contributed by atoms with Gasteiger partial charge in [-0.15, -0.1) is 5.10 Å².